The maximum Gasteiger partial charge on any atom is 0.255 e. The van der Waals surface area contributed by atoms with Crippen LogP contribution < -0.4 is 9.47 Å². The number of carbonyl (C=O) groups is 2. The lowest BCUT2D eigenvalue weighted by atomic mass is 9.94. The number of carbonyl (C=O) groups excluding carboxylic acids is 2. The average Bonchev–Trinajstić information content (AvgIpc) is 2.68. The highest BCUT2D eigenvalue weighted by Crippen LogP contribution is 2.32. The molecule has 1 aromatic rings. The van der Waals surface area contributed by atoms with Crippen molar-refractivity contribution in [3.8, 4) is 11.5 Å². The Morgan fingerprint density at radius 1 is 1.12 bits per heavy atom. The smallest absolute Gasteiger partial charge is 0.255 e. The summed E-state index contributed by atoms with van der Waals surface area (Å²) >= 11 is 2.14. The minimum Gasteiger partial charge on any atom is -0.493 e. The lowest BCUT2D eigenvalue weighted by Gasteiger charge is -2.34. The van der Waals surface area contributed by atoms with Crippen molar-refractivity contribution in [3.63, 3.8) is 0 Å². The molecule has 0 atom stereocenters. The molecule has 1 aromatic carbocycles. The van der Waals surface area contributed by atoms with E-state index in [0.29, 0.717) is 43.0 Å². The minimum absolute atomic E-state index is 0.0171. The molecule has 0 N–H and O–H groups in total. The molecule has 0 spiro atoms. The van der Waals surface area contributed by atoms with Gasteiger partial charge in [-0.15, -0.1) is 0 Å². The molecule has 1 aliphatic rings. The first-order valence-electron chi connectivity index (χ1n) is 8.96. The van der Waals surface area contributed by atoms with Crippen LogP contribution >= 0.6 is 22.6 Å². The fourth-order valence-electron chi connectivity index (χ4n) is 3.31. The Hall–Kier alpha value is -1.51. The van der Waals surface area contributed by atoms with Gasteiger partial charge in [-0.3, -0.25) is 9.59 Å². The average molecular weight is 474 g/mol. The van der Waals surface area contributed by atoms with Crippen molar-refractivity contribution in [1.82, 2.24) is 9.80 Å². The number of benzene rings is 1. The third-order valence-electron chi connectivity index (χ3n) is 4.91. The zero-order valence-corrected chi connectivity index (χ0v) is 18.0. The Morgan fingerprint density at radius 3 is 2.15 bits per heavy atom. The van der Waals surface area contributed by atoms with E-state index in [9.17, 15) is 9.59 Å². The Morgan fingerprint density at radius 2 is 1.65 bits per heavy atom. The number of ether oxygens (including phenoxy) is 2. The van der Waals surface area contributed by atoms with Gasteiger partial charge in [0.1, 0.15) is 0 Å². The topological polar surface area (TPSA) is 59.1 Å². The van der Waals surface area contributed by atoms with E-state index in [4.69, 9.17) is 9.47 Å². The van der Waals surface area contributed by atoms with Gasteiger partial charge >= 0.3 is 0 Å². The number of hydrogen-bond donors (Lipinski definition) is 0. The van der Waals surface area contributed by atoms with Gasteiger partial charge in [0.25, 0.3) is 5.91 Å². The molecule has 1 aliphatic heterocycles. The van der Waals surface area contributed by atoms with Crippen LogP contribution in [0.4, 0.5) is 0 Å². The fraction of sp³-hybridized carbons (Fsp3) is 0.579. The van der Waals surface area contributed by atoms with Crippen LogP contribution in [-0.2, 0) is 4.79 Å². The van der Waals surface area contributed by atoms with E-state index < -0.39 is 0 Å². The Balaban J connectivity index is 2.08. The summed E-state index contributed by atoms with van der Waals surface area (Å²) in [5.41, 5.74) is 0.608. The predicted octanol–water partition coefficient (Wildman–Crippen LogP) is 3.03. The summed E-state index contributed by atoms with van der Waals surface area (Å²) in [5.74, 6) is 1.36. The van der Waals surface area contributed by atoms with Gasteiger partial charge < -0.3 is 19.3 Å². The summed E-state index contributed by atoms with van der Waals surface area (Å²) in [7, 11) is 3.14. The van der Waals surface area contributed by atoms with E-state index in [1.807, 2.05) is 29.7 Å². The Labute approximate surface area is 169 Å². The van der Waals surface area contributed by atoms with Crippen molar-refractivity contribution in [2.75, 3.05) is 40.4 Å². The Bertz CT molecular complexity index is 653. The Kier molecular flexibility index (Phi) is 7.55. The molecule has 2 rings (SSSR count). The highest BCUT2D eigenvalue weighted by Gasteiger charge is 2.30. The van der Waals surface area contributed by atoms with Crippen molar-refractivity contribution in [3.05, 3.63) is 21.3 Å². The molecule has 1 fully saturated rings. The summed E-state index contributed by atoms with van der Waals surface area (Å²) in [6.45, 7) is 6.66. The zero-order valence-electron chi connectivity index (χ0n) is 15.9. The first kappa shape index (κ1) is 20.8. The van der Waals surface area contributed by atoms with E-state index >= 15 is 0 Å². The van der Waals surface area contributed by atoms with Crippen molar-refractivity contribution < 1.29 is 19.1 Å². The number of piperidine rings is 1. The molecule has 7 heteroatoms. The fourth-order valence-corrected chi connectivity index (χ4v) is 3.98. The molecule has 1 heterocycles. The first-order valence-corrected chi connectivity index (χ1v) is 10.0. The van der Waals surface area contributed by atoms with E-state index in [1.54, 1.807) is 20.3 Å². The van der Waals surface area contributed by atoms with Crippen molar-refractivity contribution in [2.45, 2.75) is 26.7 Å². The van der Waals surface area contributed by atoms with Gasteiger partial charge in [-0.2, -0.15) is 0 Å². The molecule has 0 saturated carbocycles. The molecule has 0 unspecified atom stereocenters. The maximum absolute atomic E-state index is 12.9. The predicted molar refractivity (Wildman–Crippen MR) is 109 cm³/mol. The van der Waals surface area contributed by atoms with E-state index in [-0.39, 0.29) is 17.7 Å². The van der Waals surface area contributed by atoms with Gasteiger partial charge in [-0.1, -0.05) is 0 Å². The van der Waals surface area contributed by atoms with Crippen LogP contribution in [0.5, 0.6) is 11.5 Å². The number of likely N-dealkylation sites (tertiary alicyclic amines) is 1. The first-order chi connectivity index (χ1) is 12.5. The summed E-state index contributed by atoms with van der Waals surface area (Å²) in [6.07, 6.45) is 1.43. The van der Waals surface area contributed by atoms with Gasteiger partial charge in [0.2, 0.25) is 5.91 Å². The molecule has 0 radical (unpaired) electrons. The lowest BCUT2D eigenvalue weighted by molar-refractivity contribution is -0.136. The number of halogens is 1. The molecular weight excluding hydrogens is 447 g/mol. The van der Waals surface area contributed by atoms with Gasteiger partial charge in [-0.25, -0.2) is 0 Å². The summed E-state index contributed by atoms with van der Waals surface area (Å²) in [5, 5.41) is 0. The zero-order chi connectivity index (χ0) is 19.3. The highest BCUT2D eigenvalue weighted by molar-refractivity contribution is 14.1. The summed E-state index contributed by atoms with van der Waals surface area (Å²) in [4.78, 5) is 29.1. The lowest BCUT2D eigenvalue weighted by Crippen LogP contribution is -2.44. The number of amides is 2. The number of methoxy groups -OCH3 is 2. The van der Waals surface area contributed by atoms with Crippen molar-refractivity contribution in [1.29, 1.82) is 0 Å². The van der Waals surface area contributed by atoms with Gasteiger partial charge in [0.15, 0.2) is 11.5 Å². The van der Waals surface area contributed by atoms with Crippen LogP contribution in [-0.4, -0.2) is 62.0 Å². The maximum atomic E-state index is 12.9. The molecule has 2 amide bonds. The molecule has 144 valence electrons. The van der Waals surface area contributed by atoms with E-state index in [2.05, 4.69) is 22.6 Å². The second-order valence-electron chi connectivity index (χ2n) is 6.26. The molecule has 0 aliphatic carbocycles. The van der Waals surface area contributed by atoms with E-state index in [0.717, 1.165) is 16.7 Å². The van der Waals surface area contributed by atoms with Gasteiger partial charge in [-0.05, 0) is 61.4 Å². The van der Waals surface area contributed by atoms with Gasteiger partial charge in [0.05, 0.1) is 19.8 Å². The highest BCUT2D eigenvalue weighted by atomic mass is 127. The molecule has 0 aromatic heterocycles. The SMILES string of the molecule is CCN(CC)C(=O)C1CCN(C(=O)c2cc(OC)c(OC)cc2I)CC1. The second-order valence-corrected chi connectivity index (χ2v) is 7.43. The third kappa shape index (κ3) is 4.42. The number of nitrogens with zero attached hydrogens (tertiary/aromatic N) is 2. The third-order valence-corrected chi connectivity index (χ3v) is 5.80. The van der Waals surface area contributed by atoms with Crippen LogP contribution in [0, 0.1) is 9.49 Å². The van der Waals surface area contributed by atoms with Crippen LogP contribution in [0.2, 0.25) is 0 Å². The minimum atomic E-state index is -0.0240. The normalized spacial score (nSPS) is 14.9. The monoisotopic (exact) mass is 474 g/mol. The van der Waals surface area contributed by atoms with Gasteiger partial charge in [0, 0.05) is 35.7 Å². The summed E-state index contributed by atoms with van der Waals surface area (Å²) < 4.78 is 11.4. The quantitative estimate of drug-likeness (QED) is 0.595. The molecular formula is C19H27IN2O4. The van der Waals surface area contributed by atoms with Crippen LogP contribution in [0.1, 0.15) is 37.0 Å². The largest absolute Gasteiger partial charge is 0.493 e. The van der Waals surface area contributed by atoms with Crippen LogP contribution in [0.15, 0.2) is 12.1 Å². The molecule has 26 heavy (non-hydrogen) atoms. The number of rotatable bonds is 6. The van der Waals surface area contributed by atoms with Crippen LogP contribution in [0.3, 0.4) is 0 Å². The number of hydrogen-bond acceptors (Lipinski definition) is 4. The van der Waals surface area contributed by atoms with E-state index in [1.165, 1.54) is 0 Å². The van der Waals surface area contributed by atoms with Crippen molar-refractivity contribution in [2.24, 2.45) is 5.92 Å². The molecule has 0 bridgehead atoms. The summed E-state index contributed by atoms with van der Waals surface area (Å²) in [6, 6.07) is 3.54. The molecule has 1 saturated heterocycles. The standard InChI is InChI=1S/C19H27IN2O4/c1-5-21(6-2)18(23)13-7-9-22(10-8-13)19(24)14-11-16(25-3)17(26-4)12-15(14)20/h11-13H,5-10H2,1-4H3. The van der Waals surface area contributed by atoms with Crippen LogP contribution in [0.25, 0.3) is 0 Å². The molecule has 6 nitrogen and oxygen atoms in total. The van der Waals surface area contributed by atoms with Crippen molar-refractivity contribution >= 4 is 34.4 Å². The second kappa shape index (κ2) is 9.43.